The maximum Gasteiger partial charge on any atom is 0.284 e. The molecule has 0 amide bonds. The van der Waals surface area contributed by atoms with Crippen molar-refractivity contribution in [1.82, 2.24) is 0 Å². The third-order valence-electron chi connectivity index (χ3n) is 0.937. The number of nitrogens with zero attached hydrogens (tertiary/aromatic N) is 1. The maximum atomic E-state index is 10.4. The van der Waals surface area contributed by atoms with Crippen LogP contribution in [0.25, 0.3) is 5.32 Å². The topological polar surface area (TPSA) is 66.7 Å². The van der Waals surface area contributed by atoms with Gasteiger partial charge in [0, 0.05) is 53.8 Å². The fourth-order valence-electron chi connectivity index (χ4n) is 0.368. The summed E-state index contributed by atoms with van der Waals surface area (Å²) in [4.78, 5) is 20.8. The van der Waals surface area contributed by atoms with Gasteiger partial charge < -0.3 is 14.8 Å². The van der Waals surface area contributed by atoms with Crippen molar-refractivity contribution in [1.29, 1.82) is 0 Å². The van der Waals surface area contributed by atoms with Crippen molar-refractivity contribution in [3.05, 3.63) is 5.32 Å². The Labute approximate surface area is 116 Å². The summed E-state index contributed by atoms with van der Waals surface area (Å²) in [6, 6.07) is 0. The summed E-state index contributed by atoms with van der Waals surface area (Å²) in [5.41, 5.74) is 0. The maximum absolute atomic E-state index is 10.4. The number of rotatable bonds is 4. The quantitative estimate of drug-likeness (QED) is 0.572. The summed E-state index contributed by atoms with van der Waals surface area (Å²) in [6.07, 6.45) is 0. The summed E-state index contributed by atoms with van der Waals surface area (Å²) < 4.78 is 8.56. The minimum Gasteiger partial charge on any atom is -0.644 e. The number of carbonyl (C=O) groups is 2. The fourth-order valence-corrected chi connectivity index (χ4v) is 0.368. The van der Waals surface area contributed by atoms with Crippen LogP contribution in [0.1, 0.15) is 0 Å². The van der Waals surface area contributed by atoms with Gasteiger partial charge in [-0.15, -0.1) is 0 Å². The summed E-state index contributed by atoms with van der Waals surface area (Å²) >= 11 is 0. The predicted octanol–water partition coefficient (Wildman–Crippen LogP) is -0.299. The van der Waals surface area contributed by atoms with Crippen LogP contribution in [0, 0.1) is 0 Å². The number of hydrogen-bond acceptors (Lipinski definition) is 4. The number of hydrogen-bond donors (Lipinski definition) is 0. The van der Waals surface area contributed by atoms with E-state index < -0.39 is 11.9 Å². The first-order chi connectivity index (χ1) is 5.20. The van der Waals surface area contributed by atoms with Crippen LogP contribution in [0.4, 0.5) is 0 Å². The van der Waals surface area contributed by atoms with Gasteiger partial charge in [0.2, 0.25) is 0 Å². The van der Waals surface area contributed by atoms with Gasteiger partial charge >= 0.3 is 0 Å². The third kappa shape index (κ3) is 12.7. The molecule has 0 aromatic carbocycles. The van der Waals surface area contributed by atoms with Crippen molar-refractivity contribution < 1.29 is 72.8 Å². The summed E-state index contributed by atoms with van der Waals surface area (Å²) in [7, 11) is 2.52. The average Bonchev–Trinajstić information content (AvgIpc) is 2.04. The van der Waals surface area contributed by atoms with E-state index in [0.29, 0.717) is 0 Å². The summed E-state index contributed by atoms with van der Waals surface area (Å²) in [5, 5.41) is 3.56. The molecule has 7 heteroatoms. The molecule has 0 unspecified atom stereocenters. The smallest absolute Gasteiger partial charge is 0.284 e. The first kappa shape index (κ1) is 19.3. The van der Waals surface area contributed by atoms with Crippen molar-refractivity contribution in [3.8, 4) is 0 Å². The molecule has 0 atom stereocenters. The molecule has 0 heterocycles. The van der Waals surface area contributed by atoms with E-state index in [1.54, 1.807) is 0 Å². The molecule has 0 aliphatic carbocycles. The molecule has 0 aliphatic rings. The van der Waals surface area contributed by atoms with Crippen LogP contribution in [0.2, 0.25) is 0 Å². The van der Waals surface area contributed by atoms with Crippen molar-refractivity contribution >= 4 is 11.9 Å². The monoisotopic (exact) mass is 433 g/mol. The zero-order chi connectivity index (χ0) is 8.69. The van der Waals surface area contributed by atoms with Crippen molar-refractivity contribution in [2.45, 2.75) is 0 Å². The molecule has 0 N–H and O–H groups in total. The van der Waals surface area contributed by atoms with Crippen molar-refractivity contribution in [3.63, 3.8) is 0 Å². The Morgan fingerprint density at radius 3 is 1.62 bits per heavy atom. The van der Waals surface area contributed by atoms with E-state index in [1.165, 1.54) is 14.2 Å². The minimum absolute atomic E-state index is 0. The molecule has 5 nitrogen and oxygen atoms in total. The van der Waals surface area contributed by atoms with Gasteiger partial charge in [0.25, 0.3) is 11.9 Å². The first-order valence-corrected chi connectivity index (χ1v) is 2.97. The second-order valence-corrected chi connectivity index (χ2v) is 1.69. The average molecular weight is 433 g/mol. The molecule has 0 spiro atoms. The van der Waals surface area contributed by atoms with E-state index in [1.807, 2.05) is 0 Å². The fraction of sp³-hybridized carbons (Fsp3) is 0.667. The van der Waals surface area contributed by atoms with Crippen LogP contribution in [0.15, 0.2) is 0 Å². The van der Waals surface area contributed by atoms with Gasteiger partial charge in [-0.1, -0.05) is 0 Å². The van der Waals surface area contributed by atoms with E-state index >= 15 is 0 Å². The Morgan fingerprint density at radius 2 is 1.38 bits per heavy atom. The van der Waals surface area contributed by atoms with Gasteiger partial charge in [-0.25, -0.2) is 0 Å². The van der Waals surface area contributed by atoms with E-state index in [-0.39, 0.29) is 66.9 Å². The van der Waals surface area contributed by atoms with Crippen LogP contribution >= 0.6 is 0 Å². The van der Waals surface area contributed by atoms with Gasteiger partial charge in [-0.2, -0.15) is 0 Å². The van der Waals surface area contributed by atoms with Crippen LogP contribution in [0.3, 0.4) is 0 Å². The minimum atomic E-state index is -0.464. The van der Waals surface area contributed by atoms with Gasteiger partial charge in [-0.05, 0) is 13.1 Å². The molecular formula is C6H10NO4WY-. The Morgan fingerprint density at radius 1 is 1.08 bits per heavy atom. The van der Waals surface area contributed by atoms with Crippen LogP contribution in [0.5, 0.6) is 0 Å². The van der Waals surface area contributed by atoms with E-state index in [2.05, 4.69) is 14.8 Å². The molecular weight excluding hydrogens is 423 g/mol. The molecule has 0 saturated heterocycles. The van der Waals surface area contributed by atoms with Gasteiger partial charge in [0.05, 0.1) is 14.2 Å². The number of esters is 2. The van der Waals surface area contributed by atoms with Gasteiger partial charge in [-0.3, -0.25) is 9.59 Å². The third-order valence-corrected chi connectivity index (χ3v) is 0.937. The Balaban J connectivity index is -0.000000500. The van der Waals surface area contributed by atoms with Crippen LogP contribution < -0.4 is 0 Å². The molecule has 1 radical (unpaired) electrons. The zero-order valence-corrected chi connectivity index (χ0v) is 13.3. The number of ether oxygens (including phenoxy) is 2. The van der Waals surface area contributed by atoms with E-state index in [0.717, 1.165) is 0 Å². The Hall–Kier alpha value is 0.692. The molecule has 73 valence electrons. The van der Waals surface area contributed by atoms with Crippen LogP contribution in [-0.4, -0.2) is 39.2 Å². The summed E-state index contributed by atoms with van der Waals surface area (Å²) in [5.74, 6) is -0.928. The number of methoxy groups -OCH3 is 2. The molecule has 0 aliphatic heterocycles. The van der Waals surface area contributed by atoms with Gasteiger partial charge in [0.1, 0.15) is 0 Å². The molecule has 0 aromatic heterocycles. The van der Waals surface area contributed by atoms with E-state index in [9.17, 15) is 9.59 Å². The molecule has 0 fully saturated rings. The first-order valence-electron chi connectivity index (χ1n) is 2.97. The Bertz CT molecular complexity index is 140. The molecule has 0 rings (SSSR count). The van der Waals surface area contributed by atoms with Crippen molar-refractivity contribution in [2.24, 2.45) is 0 Å². The van der Waals surface area contributed by atoms with Crippen LogP contribution in [-0.2, 0) is 72.8 Å². The largest absolute Gasteiger partial charge is 0.644 e. The normalized spacial score (nSPS) is 7.54. The molecule has 0 bridgehead atoms. The molecule has 0 saturated carbocycles. The second-order valence-electron chi connectivity index (χ2n) is 1.69. The van der Waals surface area contributed by atoms with Crippen molar-refractivity contribution in [2.75, 3.05) is 27.3 Å². The van der Waals surface area contributed by atoms with Gasteiger partial charge in [0.15, 0.2) is 0 Å². The van der Waals surface area contributed by atoms with E-state index in [4.69, 9.17) is 0 Å². The molecule has 13 heavy (non-hydrogen) atoms. The number of carbonyl (C=O) groups excluding carboxylic acids is 2. The molecule has 0 aromatic rings. The second kappa shape index (κ2) is 12.7. The standard InChI is InChI=1S/C6H10NO4.W.Y/c1-10-5(8)3-7-4-6(9)11-2;;/h3-4H2,1-2H3;;/q-1;;. The zero-order valence-electron chi connectivity index (χ0n) is 7.48. The Kier molecular flexibility index (Phi) is 18.8. The SMILES string of the molecule is COC(=O)C[N-]CC(=O)OC.[W].[Y]. The predicted molar refractivity (Wildman–Crippen MR) is 37.1 cm³/mol. The summed E-state index contributed by atoms with van der Waals surface area (Å²) in [6.45, 7) is -0.211.